The molecule has 0 spiro atoms. The Balaban J connectivity index is 5.28. The van der Waals surface area contributed by atoms with Gasteiger partial charge in [0.25, 0.3) is 5.97 Å². The molecule has 4 nitrogen and oxygen atoms in total. The highest BCUT2D eigenvalue weighted by Crippen LogP contribution is 2.37. The van der Waals surface area contributed by atoms with E-state index >= 15 is 0 Å². The van der Waals surface area contributed by atoms with Crippen molar-refractivity contribution in [2.75, 3.05) is 6.61 Å². The van der Waals surface area contributed by atoms with Crippen molar-refractivity contribution < 1.29 is 18.9 Å². The summed E-state index contributed by atoms with van der Waals surface area (Å²) >= 11 is 0. The van der Waals surface area contributed by atoms with E-state index in [4.69, 9.17) is 18.9 Å². The topological polar surface area (TPSA) is 36.9 Å². The van der Waals surface area contributed by atoms with Gasteiger partial charge in [0.2, 0.25) is 0 Å². The van der Waals surface area contributed by atoms with E-state index in [1.807, 2.05) is 13.0 Å². The highest BCUT2D eigenvalue weighted by Gasteiger charge is 2.44. The van der Waals surface area contributed by atoms with Gasteiger partial charge in [-0.25, -0.2) is 0 Å². The molecule has 0 aromatic heterocycles. The Kier molecular flexibility index (Phi) is 16.8. The Bertz CT molecular complexity index is 364. The molecule has 1 atom stereocenters. The van der Waals surface area contributed by atoms with Crippen LogP contribution in [0.3, 0.4) is 0 Å². The second-order valence-corrected chi connectivity index (χ2v) is 8.84. The largest absolute Gasteiger partial charge is 0.502 e. The van der Waals surface area contributed by atoms with Crippen molar-refractivity contribution in [3.8, 4) is 0 Å². The monoisotopic (exact) mass is 414 g/mol. The molecule has 0 N–H and O–H groups in total. The lowest BCUT2D eigenvalue weighted by Crippen LogP contribution is -2.51. The van der Waals surface area contributed by atoms with E-state index < -0.39 is 5.97 Å². The van der Waals surface area contributed by atoms with Gasteiger partial charge in [0.1, 0.15) is 0 Å². The molecule has 0 saturated heterocycles. The summed E-state index contributed by atoms with van der Waals surface area (Å²) in [6.45, 7) is 17.3. The molecular weight excluding hydrogens is 364 g/mol. The fourth-order valence-corrected chi connectivity index (χ4v) is 3.60. The number of ether oxygens (including phenoxy) is 4. The fraction of sp³-hybridized carbons (Fsp3) is 0.920. The third-order valence-electron chi connectivity index (χ3n) is 4.65. The first-order valence-electron chi connectivity index (χ1n) is 12.0. The van der Waals surface area contributed by atoms with Crippen molar-refractivity contribution in [3.63, 3.8) is 0 Å². The summed E-state index contributed by atoms with van der Waals surface area (Å²) in [6.07, 6.45) is 14.4. The van der Waals surface area contributed by atoms with Gasteiger partial charge >= 0.3 is 0 Å². The standard InChI is InChI=1S/C25H50O4/c1-9-11-12-13-14-15-17-24(18-16-20-26-19-10-2)25(27-21(3)4,28-22(5)6)29-23(7)8/h10,19,21-24H,9,11-18,20H2,1-8H3. The second kappa shape index (κ2) is 17.1. The predicted molar refractivity (Wildman–Crippen MR) is 123 cm³/mol. The minimum absolute atomic E-state index is 0.0267. The van der Waals surface area contributed by atoms with Crippen LogP contribution < -0.4 is 0 Å². The van der Waals surface area contributed by atoms with E-state index in [0.29, 0.717) is 6.61 Å². The van der Waals surface area contributed by atoms with Crippen LogP contribution in [0.15, 0.2) is 12.3 Å². The average Bonchev–Trinajstić information content (AvgIpc) is 2.60. The van der Waals surface area contributed by atoms with Crippen LogP contribution in [-0.2, 0) is 18.9 Å². The van der Waals surface area contributed by atoms with Gasteiger partial charge in [-0.1, -0.05) is 51.5 Å². The molecule has 0 saturated carbocycles. The van der Waals surface area contributed by atoms with Gasteiger partial charge in [-0.05, 0) is 67.7 Å². The lowest BCUT2D eigenvalue weighted by Gasteiger charge is -2.43. The molecule has 0 bridgehead atoms. The maximum Gasteiger partial charge on any atom is 0.286 e. The first-order valence-corrected chi connectivity index (χ1v) is 12.0. The van der Waals surface area contributed by atoms with Crippen molar-refractivity contribution in [2.45, 2.75) is 137 Å². The van der Waals surface area contributed by atoms with E-state index in [2.05, 4.69) is 48.5 Å². The van der Waals surface area contributed by atoms with Crippen molar-refractivity contribution in [1.29, 1.82) is 0 Å². The molecule has 0 rings (SSSR count). The number of hydrogen-bond donors (Lipinski definition) is 0. The zero-order valence-electron chi connectivity index (χ0n) is 20.7. The first kappa shape index (κ1) is 28.4. The van der Waals surface area contributed by atoms with Crippen LogP contribution in [0.1, 0.15) is 113 Å². The molecule has 0 heterocycles. The van der Waals surface area contributed by atoms with Gasteiger partial charge < -0.3 is 18.9 Å². The molecule has 0 aromatic rings. The van der Waals surface area contributed by atoms with Crippen LogP contribution in [0.2, 0.25) is 0 Å². The smallest absolute Gasteiger partial charge is 0.286 e. The molecule has 1 unspecified atom stereocenters. The fourth-order valence-electron chi connectivity index (χ4n) is 3.60. The summed E-state index contributed by atoms with van der Waals surface area (Å²) < 4.78 is 24.7. The highest BCUT2D eigenvalue weighted by molar-refractivity contribution is 4.76. The van der Waals surface area contributed by atoms with E-state index in [1.54, 1.807) is 6.26 Å². The van der Waals surface area contributed by atoms with Gasteiger partial charge in [-0.2, -0.15) is 0 Å². The molecule has 0 fully saturated rings. The van der Waals surface area contributed by atoms with Gasteiger partial charge in [0.15, 0.2) is 0 Å². The van der Waals surface area contributed by atoms with Crippen molar-refractivity contribution in [2.24, 2.45) is 5.92 Å². The summed E-state index contributed by atoms with van der Waals surface area (Å²) in [6, 6.07) is 0. The summed E-state index contributed by atoms with van der Waals surface area (Å²) in [5.74, 6) is -0.823. The molecule has 0 aromatic carbocycles. The number of rotatable bonds is 19. The Morgan fingerprint density at radius 2 is 1.17 bits per heavy atom. The van der Waals surface area contributed by atoms with E-state index in [9.17, 15) is 0 Å². The van der Waals surface area contributed by atoms with Crippen LogP contribution in [0.25, 0.3) is 0 Å². The number of unbranched alkanes of at least 4 members (excludes halogenated alkanes) is 5. The normalized spacial score (nSPS) is 13.9. The summed E-state index contributed by atoms with van der Waals surface area (Å²) in [7, 11) is 0. The Hall–Kier alpha value is -0.580. The molecule has 0 aliphatic rings. The summed E-state index contributed by atoms with van der Waals surface area (Å²) in [5.41, 5.74) is 0. The van der Waals surface area contributed by atoms with Crippen molar-refractivity contribution >= 4 is 0 Å². The van der Waals surface area contributed by atoms with Crippen LogP contribution in [0, 0.1) is 5.92 Å². The maximum absolute atomic E-state index is 6.40. The highest BCUT2D eigenvalue weighted by atomic mass is 16.9. The minimum Gasteiger partial charge on any atom is -0.502 e. The SMILES string of the molecule is CC=COCCCC(CCCCCCCC)C(OC(C)C)(OC(C)C)OC(C)C. The Labute approximate surface area is 181 Å². The lowest BCUT2D eigenvalue weighted by molar-refractivity contribution is -0.433. The van der Waals surface area contributed by atoms with Crippen LogP contribution in [0.5, 0.6) is 0 Å². The maximum atomic E-state index is 6.40. The van der Waals surface area contributed by atoms with Crippen LogP contribution in [-0.4, -0.2) is 30.9 Å². The third kappa shape index (κ3) is 14.1. The number of allylic oxidation sites excluding steroid dienone is 1. The zero-order valence-corrected chi connectivity index (χ0v) is 20.7. The molecule has 0 aliphatic heterocycles. The zero-order chi connectivity index (χ0) is 22.1. The first-order chi connectivity index (χ1) is 13.8. The predicted octanol–water partition coefficient (Wildman–Crippen LogP) is 7.61. The molecule has 0 amide bonds. The summed E-state index contributed by atoms with van der Waals surface area (Å²) in [4.78, 5) is 0. The third-order valence-corrected chi connectivity index (χ3v) is 4.65. The Morgan fingerprint density at radius 3 is 1.66 bits per heavy atom. The molecule has 29 heavy (non-hydrogen) atoms. The minimum atomic E-state index is -0.999. The van der Waals surface area contributed by atoms with Gasteiger partial charge in [-0.15, -0.1) is 0 Å². The van der Waals surface area contributed by atoms with Crippen LogP contribution in [0.4, 0.5) is 0 Å². The van der Waals surface area contributed by atoms with Gasteiger partial charge in [0, 0.05) is 5.92 Å². The lowest BCUT2D eigenvalue weighted by atomic mass is 9.92. The molecule has 4 heteroatoms. The van der Waals surface area contributed by atoms with Crippen molar-refractivity contribution in [3.05, 3.63) is 12.3 Å². The molecule has 0 aliphatic carbocycles. The number of hydrogen-bond acceptors (Lipinski definition) is 4. The molecular formula is C25H50O4. The molecule has 174 valence electrons. The Morgan fingerprint density at radius 1 is 0.690 bits per heavy atom. The second-order valence-electron chi connectivity index (χ2n) is 8.84. The van der Waals surface area contributed by atoms with Crippen LogP contribution >= 0.6 is 0 Å². The van der Waals surface area contributed by atoms with E-state index in [1.165, 1.54) is 38.5 Å². The van der Waals surface area contributed by atoms with E-state index in [0.717, 1.165) is 19.3 Å². The van der Waals surface area contributed by atoms with Gasteiger partial charge in [0.05, 0.1) is 31.2 Å². The van der Waals surface area contributed by atoms with Crippen molar-refractivity contribution in [1.82, 2.24) is 0 Å². The van der Waals surface area contributed by atoms with Gasteiger partial charge in [-0.3, -0.25) is 0 Å². The average molecular weight is 415 g/mol. The summed E-state index contributed by atoms with van der Waals surface area (Å²) in [5, 5.41) is 0. The quantitative estimate of drug-likeness (QED) is 0.124. The molecule has 0 radical (unpaired) electrons. The van der Waals surface area contributed by atoms with E-state index in [-0.39, 0.29) is 24.2 Å².